The van der Waals surface area contributed by atoms with E-state index >= 15 is 0 Å². The van der Waals surface area contributed by atoms with Crippen LogP contribution in [-0.4, -0.2) is 29.1 Å². The second kappa shape index (κ2) is 33.9. The van der Waals surface area contributed by atoms with Gasteiger partial charge in [0.05, 0.1) is 44.5 Å². The van der Waals surface area contributed by atoms with Gasteiger partial charge in [-0.05, 0) is 249 Å². The van der Waals surface area contributed by atoms with E-state index in [4.69, 9.17) is 19.9 Å². The Morgan fingerprint density at radius 2 is 0.500 bits per heavy atom. The maximum Gasteiger partial charge on any atom is 0.160 e. The maximum atomic E-state index is 5.38. The standard InChI is InChI=1S/C70H43N3S.C64H39N3S/c1-3-16-44(17-4-1)50-40-51(45-18-5-2-6-19-45)42-52(41-50)46-30-32-48(33-31-46)68-60-25-11-13-28-62(60)71-70(72-68)49-34-37-53(38-35-49)73-63-39-36-47-20-7-8-21-54(47)66(63)67-57-24-10-9-22-55(57)61(43-64(67)73)59-27-15-26-58-56-23-12-14-29-65(56)74-69(58)59;1-2-13-40(14-3-1)45-16-12-17-46(37-45)41-25-27-43(28-26-41)63-53-22-8-10-23-56(53)65-64(66-63)44-29-33-48(34-30-44)67-57-35-31-42-15-4-5-18-49(42)61(57)62-52-21-7-6-19-50(52)54(39-58(62)67)47-32-36-60-55(38-47)51-20-9-11-24-59(51)68-60/h1-43H;1-39H. The molecule has 0 unspecified atom stereocenters. The first-order valence-electron chi connectivity index (χ1n) is 48.3. The minimum Gasteiger partial charge on any atom is -0.309 e. The van der Waals surface area contributed by atoms with Crippen LogP contribution in [0.25, 0.3) is 283 Å². The van der Waals surface area contributed by atoms with Gasteiger partial charge in [-0.1, -0.05) is 364 Å². The van der Waals surface area contributed by atoms with Gasteiger partial charge >= 0.3 is 0 Å². The molecule has 0 atom stereocenters. The predicted octanol–water partition coefficient (Wildman–Crippen LogP) is 37.1. The van der Waals surface area contributed by atoms with Crippen molar-refractivity contribution in [1.29, 1.82) is 0 Å². The Hall–Kier alpha value is -18.2. The molecular formula is C134H82N6S2. The highest BCUT2D eigenvalue weighted by Gasteiger charge is 2.26. The van der Waals surface area contributed by atoms with Crippen LogP contribution in [0.1, 0.15) is 0 Å². The normalized spacial score (nSPS) is 11.8. The smallest absolute Gasteiger partial charge is 0.160 e. The number of rotatable bonds is 13. The molecule has 142 heavy (non-hydrogen) atoms. The molecular weight excluding hydrogens is 1760 g/mol. The van der Waals surface area contributed by atoms with E-state index in [0.29, 0.717) is 11.6 Å². The molecule has 0 aliphatic heterocycles. The van der Waals surface area contributed by atoms with Gasteiger partial charge < -0.3 is 9.13 Å². The van der Waals surface area contributed by atoms with Gasteiger partial charge in [0.1, 0.15) is 0 Å². The summed E-state index contributed by atoms with van der Waals surface area (Å²) in [6.07, 6.45) is 0. The largest absolute Gasteiger partial charge is 0.309 e. The Morgan fingerprint density at radius 1 is 0.162 bits per heavy atom. The zero-order valence-corrected chi connectivity index (χ0v) is 78.5. The van der Waals surface area contributed by atoms with Crippen molar-refractivity contribution in [3.05, 3.63) is 497 Å². The Labute approximate surface area is 826 Å². The Bertz CT molecular complexity index is 10100. The molecule has 6 aromatic heterocycles. The summed E-state index contributed by atoms with van der Waals surface area (Å²) in [5.74, 6) is 1.39. The molecule has 0 aliphatic carbocycles. The summed E-state index contributed by atoms with van der Waals surface area (Å²) in [7, 11) is 0. The Balaban J connectivity index is 0.000000139. The van der Waals surface area contributed by atoms with Gasteiger partial charge in [0.2, 0.25) is 0 Å². The summed E-state index contributed by atoms with van der Waals surface area (Å²) in [5.41, 5.74) is 31.3. The third-order valence-electron chi connectivity index (χ3n) is 28.8. The Morgan fingerprint density at radius 3 is 1.01 bits per heavy atom. The fourth-order valence-corrected chi connectivity index (χ4v) is 24.4. The highest BCUT2D eigenvalue weighted by molar-refractivity contribution is 7.26. The minimum atomic E-state index is 0.690. The molecule has 6 nitrogen and oxygen atoms in total. The molecule has 0 saturated carbocycles. The second-order valence-electron chi connectivity index (χ2n) is 36.9. The zero-order valence-electron chi connectivity index (χ0n) is 76.8. The van der Waals surface area contributed by atoms with E-state index in [9.17, 15) is 0 Å². The number of hydrogen-bond acceptors (Lipinski definition) is 6. The topological polar surface area (TPSA) is 61.4 Å². The van der Waals surface area contributed by atoms with E-state index in [-0.39, 0.29) is 0 Å². The molecule has 29 aromatic rings. The predicted molar refractivity (Wildman–Crippen MR) is 603 cm³/mol. The number of fused-ring (bicyclic) bond motifs is 22. The van der Waals surface area contributed by atoms with Crippen LogP contribution in [0, 0.1) is 0 Å². The summed E-state index contributed by atoms with van der Waals surface area (Å²) >= 11 is 3.75. The monoisotopic (exact) mass is 1840 g/mol. The van der Waals surface area contributed by atoms with Crippen LogP contribution >= 0.6 is 22.7 Å². The molecule has 660 valence electrons. The molecule has 0 aliphatic rings. The first-order chi connectivity index (χ1) is 70.4. The van der Waals surface area contributed by atoms with Crippen LogP contribution in [0.4, 0.5) is 0 Å². The molecule has 8 heteroatoms. The van der Waals surface area contributed by atoms with Crippen LogP contribution in [-0.2, 0) is 0 Å². The molecule has 6 heterocycles. The van der Waals surface area contributed by atoms with Crippen molar-refractivity contribution < 1.29 is 0 Å². The van der Waals surface area contributed by atoms with E-state index in [0.717, 1.165) is 77.9 Å². The molecule has 0 spiro atoms. The number of aromatic nitrogens is 6. The first kappa shape index (κ1) is 82.1. The van der Waals surface area contributed by atoms with Crippen LogP contribution in [0.3, 0.4) is 0 Å². The van der Waals surface area contributed by atoms with Crippen molar-refractivity contribution in [3.63, 3.8) is 0 Å². The summed E-state index contributed by atoms with van der Waals surface area (Å²) in [6.45, 7) is 0. The highest BCUT2D eigenvalue weighted by Crippen LogP contribution is 2.51. The van der Waals surface area contributed by atoms with Gasteiger partial charge in [0, 0.05) is 112 Å². The lowest BCUT2D eigenvalue weighted by Crippen LogP contribution is -1.97. The van der Waals surface area contributed by atoms with Crippen molar-refractivity contribution in [2.45, 2.75) is 0 Å². The number of thiophene rings is 2. The zero-order chi connectivity index (χ0) is 93.4. The molecule has 0 amide bonds. The molecule has 23 aromatic carbocycles. The minimum absolute atomic E-state index is 0.690. The lowest BCUT2D eigenvalue weighted by molar-refractivity contribution is 1.17. The third-order valence-corrected chi connectivity index (χ3v) is 31.2. The van der Waals surface area contributed by atoms with Crippen molar-refractivity contribution in [3.8, 4) is 135 Å². The van der Waals surface area contributed by atoms with Crippen LogP contribution < -0.4 is 0 Å². The summed E-state index contributed by atoms with van der Waals surface area (Å²) in [6, 6.07) is 180. The van der Waals surface area contributed by atoms with E-state index in [1.165, 1.54) is 194 Å². The van der Waals surface area contributed by atoms with Gasteiger partial charge in [0.15, 0.2) is 11.6 Å². The van der Waals surface area contributed by atoms with Crippen molar-refractivity contribution in [2.75, 3.05) is 0 Å². The number of benzene rings is 23. The van der Waals surface area contributed by atoms with E-state index in [1.54, 1.807) is 0 Å². The fraction of sp³-hybridized carbons (Fsp3) is 0. The van der Waals surface area contributed by atoms with Crippen LogP contribution in [0.2, 0.25) is 0 Å². The van der Waals surface area contributed by atoms with E-state index in [2.05, 4.69) is 507 Å². The van der Waals surface area contributed by atoms with Crippen molar-refractivity contribution in [1.82, 2.24) is 29.1 Å². The summed E-state index contributed by atoms with van der Waals surface area (Å²) < 4.78 is 10.2. The van der Waals surface area contributed by atoms with Crippen LogP contribution in [0.15, 0.2) is 497 Å². The van der Waals surface area contributed by atoms with Gasteiger partial charge in [-0.3, -0.25) is 0 Å². The van der Waals surface area contributed by atoms with Crippen molar-refractivity contribution >= 4 is 172 Å². The van der Waals surface area contributed by atoms with Crippen LogP contribution in [0.5, 0.6) is 0 Å². The van der Waals surface area contributed by atoms with E-state index < -0.39 is 0 Å². The molecule has 29 rings (SSSR count). The second-order valence-corrected chi connectivity index (χ2v) is 39.0. The molecule has 0 bridgehead atoms. The molecule has 0 saturated heterocycles. The number of nitrogens with zero attached hydrogens (tertiary/aromatic N) is 6. The lowest BCUT2D eigenvalue weighted by atomic mass is 9.93. The fourth-order valence-electron chi connectivity index (χ4n) is 22.1. The van der Waals surface area contributed by atoms with E-state index in [1.807, 2.05) is 22.7 Å². The molecule has 0 N–H and O–H groups in total. The van der Waals surface area contributed by atoms with Gasteiger partial charge in [-0.2, -0.15) is 0 Å². The first-order valence-corrected chi connectivity index (χ1v) is 50.0. The van der Waals surface area contributed by atoms with Crippen molar-refractivity contribution in [2.24, 2.45) is 0 Å². The summed E-state index contributed by atoms with van der Waals surface area (Å²) in [5, 5.41) is 22.3. The SMILES string of the molecule is c1ccc(-c2cc(-c3ccccc3)cc(-c3ccc(-c4nc(-c5ccc(-n6c7ccc8ccccc8c7c7c8ccccc8c(-c8cccc9c8sc8ccccc89)cc76)cc5)nc5ccccc45)cc3)c2)cc1.c1ccc(-c2cccc(-c3ccc(-c4nc(-c5ccc(-n6c7ccc8ccccc8c7c7c8ccccc8c(-c8ccc9sc%10ccccc%10c9c8)cc76)cc5)nc5ccccc45)cc3)c2)cc1. The lowest BCUT2D eigenvalue weighted by Gasteiger charge is -2.14. The number of hydrogen-bond donors (Lipinski definition) is 0. The number of para-hydroxylation sites is 2. The highest BCUT2D eigenvalue weighted by atomic mass is 32.1. The maximum absolute atomic E-state index is 5.38. The summed E-state index contributed by atoms with van der Waals surface area (Å²) in [4.78, 5) is 21.1. The third kappa shape index (κ3) is 14.0. The van der Waals surface area contributed by atoms with Gasteiger partial charge in [-0.25, -0.2) is 19.9 Å². The average Bonchev–Trinajstić information content (AvgIpc) is 1.55. The molecule has 0 fully saturated rings. The van der Waals surface area contributed by atoms with Gasteiger partial charge in [0.25, 0.3) is 0 Å². The molecule has 0 radical (unpaired) electrons. The van der Waals surface area contributed by atoms with Gasteiger partial charge in [-0.15, -0.1) is 22.7 Å². The Kier molecular flexibility index (Phi) is 19.6. The average molecular weight is 1840 g/mol. The quantitative estimate of drug-likeness (QED) is 0.115.